The van der Waals surface area contributed by atoms with Crippen molar-refractivity contribution in [2.24, 2.45) is 4.99 Å². The normalized spacial score (nSPS) is 21.3. The Balaban J connectivity index is 2.23. The fourth-order valence-corrected chi connectivity index (χ4v) is 3.22. The van der Waals surface area contributed by atoms with E-state index in [-0.39, 0.29) is 6.04 Å². The predicted molar refractivity (Wildman–Crippen MR) is 79.0 cm³/mol. The molecule has 1 atom stereocenters. The molecule has 2 rings (SSSR count). The molecule has 0 aliphatic heterocycles. The lowest BCUT2D eigenvalue weighted by Gasteiger charge is -2.27. The van der Waals surface area contributed by atoms with Gasteiger partial charge in [0.1, 0.15) is 0 Å². The summed E-state index contributed by atoms with van der Waals surface area (Å²) in [6.07, 6.45) is 0.000896. The van der Waals surface area contributed by atoms with Crippen molar-refractivity contribution < 1.29 is 18.3 Å². The Bertz CT molecular complexity index is 474. The molecule has 1 unspecified atom stereocenters. The molecule has 1 saturated carbocycles. The molecule has 0 radical (unpaired) electrons. The molecule has 0 aromatic carbocycles. The molecule has 1 fully saturated rings. The number of halogens is 3. The first-order valence-corrected chi connectivity index (χ1v) is 8.07. The monoisotopic (exact) mass is 319 g/mol. The number of hydrogen-bond donors (Lipinski definition) is 1. The summed E-state index contributed by atoms with van der Waals surface area (Å²) in [6.45, 7) is 0.816. The molecule has 118 valence electrons. The summed E-state index contributed by atoms with van der Waals surface area (Å²) in [7, 11) is 0. The van der Waals surface area contributed by atoms with Crippen molar-refractivity contribution in [3.8, 4) is 0 Å². The van der Waals surface area contributed by atoms with Gasteiger partial charge in [0.05, 0.1) is 11.8 Å². The van der Waals surface area contributed by atoms with Gasteiger partial charge in [0, 0.05) is 11.3 Å². The highest BCUT2D eigenvalue weighted by atomic mass is 32.1. The Morgan fingerprint density at radius 3 is 2.52 bits per heavy atom. The molecule has 0 amide bonds. The van der Waals surface area contributed by atoms with Crippen LogP contribution in [0.2, 0.25) is 0 Å². The first kappa shape index (κ1) is 16.5. The van der Waals surface area contributed by atoms with Crippen LogP contribution < -0.4 is 0 Å². The van der Waals surface area contributed by atoms with Crippen LogP contribution in [0.5, 0.6) is 0 Å². The van der Waals surface area contributed by atoms with Crippen LogP contribution in [0.25, 0.3) is 0 Å². The van der Waals surface area contributed by atoms with Crippen LogP contribution in [0.1, 0.15) is 50.3 Å². The Morgan fingerprint density at radius 1 is 1.33 bits per heavy atom. The minimum absolute atomic E-state index is 0.0832. The largest absolute Gasteiger partial charge is 0.417 e. The highest BCUT2D eigenvalue weighted by molar-refractivity contribution is 7.12. The molecule has 0 spiro atoms. The van der Waals surface area contributed by atoms with Gasteiger partial charge in [-0.2, -0.15) is 13.2 Å². The van der Waals surface area contributed by atoms with E-state index < -0.39 is 18.2 Å². The second kappa shape index (κ2) is 6.48. The maximum atomic E-state index is 12.9. The van der Waals surface area contributed by atoms with Crippen molar-refractivity contribution in [2.75, 3.05) is 0 Å². The van der Waals surface area contributed by atoms with Crippen molar-refractivity contribution in [3.63, 3.8) is 0 Å². The summed E-state index contributed by atoms with van der Waals surface area (Å²) >= 11 is 1.36. The predicted octanol–water partition coefficient (Wildman–Crippen LogP) is 4.57. The summed E-state index contributed by atoms with van der Waals surface area (Å²) in [6, 6.07) is 3.64. The number of hydrogen-bond acceptors (Lipinski definition) is 3. The molecule has 1 aliphatic rings. The Kier molecular flexibility index (Phi) is 5.09. The Morgan fingerprint density at radius 2 is 2.00 bits per heavy atom. The van der Waals surface area contributed by atoms with Gasteiger partial charge in [-0.05, 0) is 31.2 Å². The standard InChI is InChI=1S/C15H20F3NOS/c1-14(20,15(16,17)18)10-12(13-8-5-9-21-13)19-11-6-3-2-4-7-11/h5,8-9,11,20H,2-4,6-7,10H2,1H3. The summed E-state index contributed by atoms with van der Waals surface area (Å²) in [5.74, 6) is 0. The van der Waals surface area contributed by atoms with Crippen LogP contribution in [0.3, 0.4) is 0 Å². The zero-order chi connectivity index (χ0) is 15.5. The third-order valence-corrected chi connectivity index (χ3v) is 4.76. The zero-order valence-electron chi connectivity index (χ0n) is 12.0. The summed E-state index contributed by atoms with van der Waals surface area (Å²) < 4.78 is 38.7. The minimum atomic E-state index is -4.66. The van der Waals surface area contributed by atoms with E-state index in [2.05, 4.69) is 4.99 Å². The van der Waals surface area contributed by atoms with E-state index >= 15 is 0 Å². The summed E-state index contributed by atoms with van der Waals surface area (Å²) in [4.78, 5) is 5.26. The van der Waals surface area contributed by atoms with E-state index in [1.807, 2.05) is 5.38 Å². The van der Waals surface area contributed by atoms with Gasteiger partial charge in [-0.25, -0.2) is 0 Å². The van der Waals surface area contributed by atoms with Gasteiger partial charge < -0.3 is 5.11 Å². The van der Waals surface area contributed by atoms with Gasteiger partial charge in [-0.1, -0.05) is 25.3 Å². The number of aliphatic hydroxyl groups is 1. The fourth-order valence-electron chi connectivity index (χ4n) is 2.50. The maximum Gasteiger partial charge on any atom is 0.417 e. The van der Waals surface area contributed by atoms with Crippen molar-refractivity contribution >= 4 is 17.0 Å². The van der Waals surface area contributed by atoms with Gasteiger partial charge >= 0.3 is 6.18 Å². The fraction of sp³-hybridized carbons (Fsp3) is 0.667. The first-order chi connectivity index (χ1) is 9.79. The van der Waals surface area contributed by atoms with Crippen molar-refractivity contribution in [1.82, 2.24) is 0 Å². The molecular formula is C15H20F3NOS. The van der Waals surface area contributed by atoms with E-state index in [0.29, 0.717) is 10.6 Å². The van der Waals surface area contributed by atoms with Gasteiger partial charge in [-0.15, -0.1) is 11.3 Å². The van der Waals surface area contributed by atoms with Crippen LogP contribution in [0, 0.1) is 0 Å². The molecule has 1 aromatic heterocycles. The van der Waals surface area contributed by atoms with Crippen LogP contribution in [-0.4, -0.2) is 28.6 Å². The van der Waals surface area contributed by atoms with E-state index in [9.17, 15) is 18.3 Å². The Labute approximate surface area is 126 Å². The van der Waals surface area contributed by atoms with E-state index in [1.165, 1.54) is 17.8 Å². The SMILES string of the molecule is CC(O)(CC(=NC1CCCCC1)c1cccs1)C(F)(F)F. The van der Waals surface area contributed by atoms with Crippen LogP contribution >= 0.6 is 11.3 Å². The molecule has 1 aliphatic carbocycles. The molecule has 0 saturated heterocycles. The van der Waals surface area contributed by atoms with Crippen molar-refractivity contribution in [1.29, 1.82) is 0 Å². The summed E-state index contributed by atoms with van der Waals surface area (Å²) in [5, 5.41) is 11.6. The molecule has 0 bridgehead atoms. The number of thiophene rings is 1. The number of alkyl halides is 3. The second-order valence-electron chi connectivity index (χ2n) is 5.79. The van der Waals surface area contributed by atoms with E-state index in [4.69, 9.17) is 0 Å². The highest BCUT2D eigenvalue weighted by Crippen LogP contribution is 2.35. The maximum absolute atomic E-state index is 12.9. The van der Waals surface area contributed by atoms with Crippen LogP contribution in [0.4, 0.5) is 13.2 Å². The van der Waals surface area contributed by atoms with Crippen LogP contribution in [0.15, 0.2) is 22.5 Å². The smallest absolute Gasteiger partial charge is 0.380 e. The number of aliphatic imine (C=N–C) groups is 1. The molecule has 1 heterocycles. The lowest BCUT2D eigenvalue weighted by atomic mass is 9.94. The third kappa shape index (κ3) is 4.30. The molecule has 21 heavy (non-hydrogen) atoms. The minimum Gasteiger partial charge on any atom is -0.380 e. The first-order valence-electron chi connectivity index (χ1n) is 7.19. The highest BCUT2D eigenvalue weighted by Gasteiger charge is 2.50. The molecule has 2 nitrogen and oxygen atoms in total. The van der Waals surface area contributed by atoms with Crippen molar-refractivity contribution in [2.45, 2.75) is 63.3 Å². The summed E-state index contributed by atoms with van der Waals surface area (Å²) in [5.41, 5.74) is -2.37. The second-order valence-corrected chi connectivity index (χ2v) is 6.74. The number of nitrogens with zero attached hydrogens (tertiary/aromatic N) is 1. The van der Waals surface area contributed by atoms with E-state index in [0.717, 1.165) is 32.6 Å². The van der Waals surface area contributed by atoms with Gasteiger partial charge in [0.25, 0.3) is 0 Å². The lowest BCUT2D eigenvalue weighted by Crippen LogP contribution is -2.44. The van der Waals surface area contributed by atoms with Crippen LogP contribution in [-0.2, 0) is 0 Å². The lowest BCUT2D eigenvalue weighted by molar-refractivity contribution is -0.249. The Hall–Kier alpha value is -0.880. The molecule has 6 heteroatoms. The van der Waals surface area contributed by atoms with Gasteiger partial charge in [-0.3, -0.25) is 4.99 Å². The number of rotatable bonds is 4. The van der Waals surface area contributed by atoms with Crippen molar-refractivity contribution in [3.05, 3.63) is 22.4 Å². The van der Waals surface area contributed by atoms with Gasteiger partial charge in [0.15, 0.2) is 5.60 Å². The molecule has 1 aromatic rings. The topological polar surface area (TPSA) is 32.6 Å². The van der Waals surface area contributed by atoms with E-state index in [1.54, 1.807) is 12.1 Å². The quantitative estimate of drug-likeness (QED) is 0.810. The zero-order valence-corrected chi connectivity index (χ0v) is 12.8. The third-order valence-electron chi connectivity index (χ3n) is 3.84. The van der Waals surface area contributed by atoms with Gasteiger partial charge in [0.2, 0.25) is 0 Å². The molecule has 1 N–H and O–H groups in total. The molecular weight excluding hydrogens is 299 g/mol. The average Bonchev–Trinajstić information content (AvgIpc) is 2.91. The average molecular weight is 319 g/mol.